The van der Waals surface area contributed by atoms with Crippen LogP contribution in [0.25, 0.3) is 5.57 Å². The van der Waals surface area contributed by atoms with Crippen molar-refractivity contribution in [2.24, 2.45) is 0 Å². The van der Waals surface area contributed by atoms with Gasteiger partial charge in [0.05, 0.1) is 12.8 Å². The minimum atomic E-state index is 0.566. The summed E-state index contributed by atoms with van der Waals surface area (Å²) in [6.07, 6.45) is 4.99. The quantitative estimate of drug-likeness (QED) is 0.532. The summed E-state index contributed by atoms with van der Waals surface area (Å²) in [6.45, 7) is 3.53. The van der Waals surface area contributed by atoms with E-state index in [1.165, 1.54) is 6.21 Å². The number of nitrogen functional groups attached to an aromatic ring is 1. The van der Waals surface area contributed by atoms with Gasteiger partial charge in [-0.15, -0.1) is 11.3 Å². The number of methoxy groups -OCH3 is 1. The van der Waals surface area contributed by atoms with Crippen molar-refractivity contribution in [3.05, 3.63) is 35.5 Å². The molecule has 0 bridgehead atoms. The summed E-state index contributed by atoms with van der Waals surface area (Å²) >= 11 is 1.67. The average Bonchev–Trinajstić information content (AvgIpc) is 3.21. The number of aromatic nitrogens is 1. The van der Waals surface area contributed by atoms with Crippen LogP contribution in [0, 0.1) is 5.41 Å². The molecule has 3 rings (SSSR count). The van der Waals surface area contributed by atoms with Crippen LogP contribution in [0.1, 0.15) is 5.56 Å². The molecule has 0 spiro atoms. The number of piperazine rings is 1. The number of hydrogen-bond acceptors (Lipinski definition) is 8. The van der Waals surface area contributed by atoms with Crippen molar-refractivity contribution < 1.29 is 4.74 Å². The van der Waals surface area contributed by atoms with Gasteiger partial charge in [-0.05, 0) is 6.07 Å². The van der Waals surface area contributed by atoms with E-state index in [9.17, 15) is 0 Å². The molecule has 0 aliphatic carbocycles. The zero-order chi connectivity index (χ0) is 18.5. The van der Waals surface area contributed by atoms with Gasteiger partial charge in [0.25, 0.3) is 0 Å². The molecule has 138 valence electrons. The van der Waals surface area contributed by atoms with E-state index in [1.54, 1.807) is 18.4 Å². The van der Waals surface area contributed by atoms with Crippen molar-refractivity contribution in [2.75, 3.05) is 55.9 Å². The Hall–Kier alpha value is -2.74. The van der Waals surface area contributed by atoms with Crippen LogP contribution >= 0.6 is 11.3 Å². The van der Waals surface area contributed by atoms with Gasteiger partial charge in [-0.1, -0.05) is 0 Å². The van der Waals surface area contributed by atoms with Gasteiger partial charge >= 0.3 is 0 Å². The topological polar surface area (TPSA) is 90.5 Å². The van der Waals surface area contributed by atoms with Gasteiger partial charge < -0.3 is 31.0 Å². The summed E-state index contributed by atoms with van der Waals surface area (Å²) in [5.74, 6) is 0.653. The van der Waals surface area contributed by atoms with Gasteiger partial charge in [0.2, 0.25) is 0 Å². The van der Waals surface area contributed by atoms with Crippen LogP contribution < -0.4 is 25.6 Å². The first-order valence-corrected chi connectivity index (χ1v) is 9.31. The second-order valence-electron chi connectivity index (χ2n) is 5.93. The highest BCUT2D eigenvalue weighted by Crippen LogP contribution is 2.36. The van der Waals surface area contributed by atoms with Crippen LogP contribution in [0.4, 0.5) is 16.5 Å². The van der Waals surface area contributed by atoms with Crippen molar-refractivity contribution in [3.63, 3.8) is 0 Å². The Kier molecular flexibility index (Phi) is 5.62. The van der Waals surface area contributed by atoms with Crippen molar-refractivity contribution in [3.8, 4) is 5.75 Å². The zero-order valence-corrected chi connectivity index (χ0v) is 15.8. The van der Waals surface area contributed by atoms with Crippen LogP contribution in [0.15, 0.2) is 29.9 Å². The van der Waals surface area contributed by atoms with Crippen molar-refractivity contribution in [2.45, 2.75) is 0 Å². The molecule has 0 saturated carbocycles. The number of thiazole rings is 1. The second-order valence-corrected chi connectivity index (χ2v) is 6.81. The fourth-order valence-electron chi connectivity index (χ4n) is 3.12. The molecule has 1 aromatic heterocycles. The highest BCUT2D eigenvalue weighted by molar-refractivity contribution is 7.13. The molecule has 2 aromatic rings. The van der Waals surface area contributed by atoms with Crippen molar-refractivity contribution in [1.29, 1.82) is 5.41 Å². The Labute approximate surface area is 157 Å². The van der Waals surface area contributed by atoms with E-state index >= 15 is 0 Å². The number of allylic oxidation sites excluding steroid dienone is 1. The van der Waals surface area contributed by atoms with Gasteiger partial charge in [0.1, 0.15) is 5.75 Å². The van der Waals surface area contributed by atoms with E-state index in [0.29, 0.717) is 11.4 Å². The molecule has 1 aliphatic rings. The van der Waals surface area contributed by atoms with Crippen LogP contribution in [0.5, 0.6) is 5.75 Å². The molecule has 0 radical (unpaired) electrons. The van der Waals surface area contributed by atoms with Gasteiger partial charge in [-0.2, -0.15) is 0 Å². The fourth-order valence-corrected chi connectivity index (χ4v) is 3.82. The summed E-state index contributed by atoms with van der Waals surface area (Å²) in [7, 11) is 3.44. The van der Waals surface area contributed by atoms with Gasteiger partial charge in [0.15, 0.2) is 5.13 Å². The lowest BCUT2D eigenvalue weighted by molar-refractivity contribution is 0.417. The number of rotatable bonds is 6. The summed E-state index contributed by atoms with van der Waals surface area (Å²) in [5, 5.41) is 13.8. The fraction of sp³-hybridized carbons (Fsp3) is 0.333. The first-order chi connectivity index (χ1) is 12.7. The van der Waals surface area contributed by atoms with Gasteiger partial charge in [-0.3, -0.25) is 0 Å². The number of nitrogens with one attached hydrogen (secondary N) is 2. The molecule has 26 heavy (non-hydrogen) atoms. The summed E-state index contributed by atoms with van der Waals surface area (Å²) in [5.41, 5.74) is 9.42. The molecule has 4 N–H and O–H groups in total. The van der Waals surface area contributed by atoms with Crippen molar-refractivity contribution in [1.82, 2.24) is 10.3 Å². The van der Waals surface area contributed by atoms with Crippen molar-refractivity contribution >= 4 is 39.6 Å². The highest BCUT2D eigenvalue weighted by atomic mass is 32.1. The van der Waals surface area contributed by atoms with E-state index in [2.05, 4.69) is 20.1 Å². The molecule has 8 heteroatoms. The number of nitrogens with two attached hydrogens (primary N) is 1. The number of ether oxygens (including phenoxy) is 1. The third kappa shape index (κ3) is 3.60. The first-order valence-electron chi connectivity index (χ1n) is 8.43. The predicted molar refractivity (Wildman–Crippen MR) is 110 cm³/mol. The standard InChI is InChI=1S/C18H24N6OS/c1-21-12-13(11-19)14-9-15(20)17(25-2)10-16(14)23-4-6-24(7-5-23)18-22-3-8-26-18/h3,8-12,19,21H,4-7,20H2,1-2H3/b13-12+,19-11?. The normalized spacial score (nSPS) is 15.1. The van der Waals surface area contributed by atoms with Crippen LogP contribution in [-0.4, -0.2) is 51.5 Å². The zero-order valence-electron chi connectivity index (χ0n) is 15.0. The second kappa shape index (κ2) is 8.09. The maximum atomic E-state index is 7.77. The number of benzene rings is 1. The third-order valence-corrected chi connectivity index (χ3v) is 5.26. The van der Waals surface area contributed by atoms with E-state index in [4.69, 9.17) is 15.9 Å². The molecule has 0 amide bonds. The Morgan fingerprint density at radius 1 is 1.31 bits per heavy atom. The molecule has 1 aliphatic heterocycles. The maximum Gasteiger partial charge on any atom is 0.185 e. The van der Waals surface area contributed by atoms with E-state index in [1.807, 2.05) is 37.0 Å². The third-order valence-electron chi connectivity index (χ3n) is 4.42. The minimum absolute atomic E-state index is 0.566. The van der Waals surface area contributed by atoms with E-state index in [0.717, 1.165) is 48.1 Å². The SMILES string of the molecule is CN/C=C(\C=N)c1cc(N)c(OC)cc1N1CCN(c2nccs2)CC1. The highest BCUT2D eigenvalue weighted by Gasteiger charge is 2.22. The molecule has 7 nitrogen and oxygen atoms in total. The summed E-state index contributed by atoms with van der Waals surface area (Å²) < 4.78 is 5.42. The average molecular weight is 372 g/mol. The Balaban J connectivity index is 1.91. The molecule has 0 atom stereocenters. The van der Waals surface area contributed by atoms with Crippen LogP contribution in [-0.2, 0) is 0 Å². The number of hydrogen-bond donors (Lipinski definition) is 3. The lowest BCUT2D eigenvalue weighted by atomic mass is 10.0. The molecular weight excluding hydrogens is 348 g/mol. The number of anilines is 3. The lowest BCUT2D eigenvalue weighted by Crippen LogP contribution is -2.46. The molecule has 2 heterocycles. The largest absolute Gasteiger partial charge is 0.495 e. The molecule has 1 fully saturated rings. The van der Waals surface area contributed by atoms with E-state index < -0.39 is 0 Å². The first kappa shape index (κ1) is 18.1. The minimum Gasteiger partial charge on any atom is -0.495 e. The van der Waals surface area contributed by atoms with E-state index in [-0.39, 0.29) is 0 Å². The van der Waals surface area contributed by atoms with Gasteiger partial charge in [-0.25, -0.2) is 4.98 Å². The Morgan fingerprint density at radius 2 is 2.04 bits per heavy atom. The molecular formula is C18H24N6OS. The lowest BCUT2D eigenvalue weighted by Gasteiger charge is -2.37. The van der Waals surface area contributed by atoms with Gasteiger partial charge in [0, 0.05) is 80.1 Å². The molecule has 1 saturated heterocycles. The molecule has 1 aromatic carbocycles. The monoisotopic (exact) mass is 372 g/mol. The van der Waals surface area contributed by atoms with Crippen LogP contribution in [0.3, 0.4) is 0 Å². The Morgan fingerprint density at radius 3 is 2.62 bits per heavy atom. The Bertz CT molecular complexity index is 781. The summed E-state index contributed by atoms with van der Waals surface area (Å²) in [4.78, 5) is 9.02. The smallest absolute Gasteiger partial charge is 0.185 e. The van der Waals surface area contributed by atoms with Crippen LogP contribution in [0.2, 0.25) is 0 Å². The molecule has 0 unspecified atom stereocenters. The number of nitrogens with zero attached hydrogens (tertiary/aromatic N) is 3. The maximum absolute atomic E-state index is 7.77. The predicted octanol–water partition coefficient (Wildman–Crippen LogP) is 2.27. The summed E-state index contributed by atoms with van der Waals surface area (Å²) in [6, 6.07) is 3.85.